The summed E-state index contributed by atoms with van der Waals surface area (Å²) in [5.74, 6) is -0.708. The minimum atomic E-state index is -3.85. The number of carbonyl (C=O) groups is 2. The Morgan fingerprint density at radius 2 is 1.61 bits per heavy atom. The molecule has 0 saturated heterocycles. The molecule has 0 aliphatic heterocycles. The van der Waals surface area contributed by atoms with Crippen molar-refractivity contribution >= 4 is 39.1 Å². The summed E-state index contributed by atoms with van der Waals surface area (Å²) in [5, 5.41) is 3.58. The van der Waals surface area contributed by atoms with Crippen molar-refractivity contribution in [3.05, 3.63) is 100 Å². The highest BCUT2D eigenvalue weighted by atomic mass is 35.5. The van der Waals surface area contributed by atoms with Gasteiger partial charge in [0.1, 0.15) is 12.6 Å². The molecular formula is C32H38ClN3O4S. The van der Waals surface area contributed by atoms with Gasteiger partial charge in [-0.3, -0.25) is 13.9 Å². The van der Waals surface area contributed by atoms with E-state index in [-0.39, 0.29) is 18.5 Å². The van der Waals surface area contributed by atoms with Gasteiger partial charge in [0.05, 0.1) is 11.9 Å². The van der Waals surface area contributed by atoms with Gasteiger partial charge in [-0.1, -0.05) is 90.7 Å². The van der Waals surface area contributed by atoms with E-state index in [2.05, 4.69) is 5.32 Å². The van der Waals surface area contributed by atoms with Crippen LogP contribution in [0.1, 0.15) is 47.9 Å². The predicted octanol–water partition coefficient (Wildman–Crippen LogP) is 5.42. The third kappa shape index (κ3) is 8.33. The molecule has 0 radical (unpaired) electrons. The average molecular weight is 596 g/mol. The second-order valence-electron chi connectivity index (χ2n) is 10.9. The fourth-order valence-electron chi connectivity index (χ4n) is 5.16. The van der Waals surface area contributed by atoms with Crippen LogP contribution in [0, 0.1) is 13.8 Å². The summed E-state index contributed by atoms with van der Waals surface area (Å²) in [6.45, 7) is 3.49. The number of nitrogens with zero attached hydrogens (tertiary/aromatic N) is 2. The molecule has 1 fully saturated rings. The van der Waals surface area contributed by atoms with Crippen molar-refractivity contribution in [2.45, 2.75) is 64.6 Å². The zero-order valence-electron chi connectivity index (χ0n) is 23.8. The molecule has 41 heavy (non-hydrogen) atoms. The molecule has 218 valence electrons. The van der Waals surface area contributed by atoms with Gasteiger partial charge in [-0.25, -0.2) is 8.42 Å². The van der Waals surface area contributed by atoms with Crippen molar-refractivity contribution in [2.24, 2.45) is 0 Å². The fourth-order valence-corrected chi connectivity index (χ4v) is 6.18. The molecule has 7 nitrogen and oxygen atoms in total. The Morgan fingerprint density at radius 1 is 0.951 bits per heavy atom. The van der Waals surface area contributed by atoms with E-state index >= 15 is 0 Å². The van der Waals surface area contributed by atoms with Crippen LogP contribution in [-0.4, -0.2) is 50.0 Å². The van der Waals surface area contributed by atoms with Crippen LogP contribution in [0.25, 0.3) is 0 Å². The first-order valence-electron chi connectivity index (χ1n) is 13.9. The van der Waals surface area contributed by atoms with Crippen LogP contribution in [0.15, 0.2) is 72.8 Å². The standard InChI is InChI=1S/C32H38ClN3O4S/c1-23-13-16-26(17-14-23)21-35(31(37)22-36(41(3,39)40)28-18-15-24(2)29(33)20-28)30(19-25-9-5-4-6-10-25)32(38)34-27-11-7-8-12-27/h4-6,9-10,13-18,20,27,30H,7-8,11-12,19,21-22H2,1-3H3,(H,34,38)/t30-/m0/s1. The molecule has 3 aromatic carbocycles. The van der Waals surface area contributed by atoms with E-state index in [4.69, 9.17) is 11.6 Å². The molecular weight excluding hydrogens is 558 g/mol. The van der Waals surface area contributed by atoms with Gasteiger partial charge in [-0.2, -0.15) is 0 Å². The molecule has 1 aliphatic rings. The number of rotatable bonds is 11. The van der Waals surface area contributed by atoms with Crippen LogP contribution in [0.5, 0.6) is 0 Å². The fraction of sp³-hybridized carbons (Fsp3) is 0.375. The molecule has 0 heterocycles. The van der Waals surface area contributed by atoms with Crippen LogP contribution in [0.3, 0.4) is 0 Å². The maximum absolute atomic E-state index is 14.2. The smallest absolute Gasteiger partial charge is 0.244 e. The number of sulfonamides is 1. The van der Waals surface area contributed by atoms with E-state index in [0.29, 0.717) is 17.1 Å². The highest BCUT2D eigenvalue weighted by Crippen LogP contribution is 2.26. The van der Waals surface area contributed by atoms with Crippen molar-refractivity contribution in [1.29, 1.82) is 0 Å². The summed E-state index contributed by atoms with van der Waals surface area (Å²) in [6.07, 6.45) is 5.29. The zero-order chi connectivity index (χ0) is 29.6. The SMILES string of the molecule is Cc1ccc(CN(C(=O)CN(c2ccc(C)c(Cl)c2)S(C)(=O)=O)[C@@H](Cc2ccccc2)C(=O)NC2CCCC2)cc1. The molecule has 0 unspecified atom stereocenters. The number of carbonyl (C=O) groups excluding carboxylic acids is 2. The quantitative estimate of drug-likeness (QED) is 0.321. The molecule has 9 heteroatoms. The number of amides is 2. The van der Waals surface area contributed by atoms with Crippen LogP contribution >= 0.6 is 11.6 Å². The van der Waals surface area contributed by atoms with Gasteiger partial charge in [0.15, 0.2) is 0 Å². The van der Waals surface area contributed by atoms with E-state index in [9.17, 15) is 18.0 Å². The molecule has 1 aliphatic carbocycles. The molecule has 1 atom stereocenters. The summed E-state index contributed by atoms with van der Waals surface area (Å²) in [5.41, 5.74) is 3.92. The lowest BCUT2D eigenvalue weighted by Gasteiger charge is -2.34. The summed E-state index contributed by atoms with van der Waals surface area (Å²) in [6, 6.07) is 21.5. The van der Waals surface area contributed by atoms with Gasteiger partial charge in [0, 0.05) is 24.0 Å². The Morgan fingerprint density at radius 3 is 2.22 bits per heavy atom. The van der Waals surface area contributed by atoms with Crippen LogP contribution < -0.4 is 9.62 Å². The second kappa shape index (κ2) is 13.5. The normalized spacial score (nSPS) is 14.4. The Bertz CT molecular complexity index is 1460. The summed E-state index contributed by atoms with van der Waals surface area (Å²) >= 11 is 6.32. The topological polar surface area (TPSA) is 86.8 Å². The van der Waals surface area contributed by atoms with E-state index in [0.717, 1.165) is 58.5 Å². The van der Waals surface area contributed by atoms with Gasteiger partial charge in [-0.05, 0) is 55.5 Å². The summed E-state index contributed by atoms with van der Waals surface area (Å²) < 4.78 is 26.9. The van der Waals surface area contributed by atoms with Crippen LogP contribution in [-0.2, 0) is 32.6 Å². The largest absolute Gasteiger partial charge is 0.352 e. The molecule has 4 rings (SSSR count). The lowest BCUT2D eigenvalue weighted by molar-refractivity contribution is -0.140. The molecule has 2 amide bonds. The number of aryl methyl sites for hydroxylation is 2. The molecule has 1 saturated carbocycles. The maximum Gasteiger partial charge on any atom is 0.244 e. The third-order valence-corrected chi connectivity index (χ3v) is 9.12. The van der Waals surface area contributed by atoms with E-state index in [1.807, 2.05) is 68.4 Å². The van der Waals surface area contributed by atoms with Crippen LogP contribution in [0.4, 0.5) is 5.69 Å². The highest BCUT2D eigenvalue weighted by molar-refractivity contribution is 7.92. The van der Waals surface area contributed by atoms with Crippen molar-refractivity contribution in [3.8, 4) is 0 Å². The Balaban J connectivity index is 1.72. The lowest BCUT2D eigenvalue weighted by Crippen LogP contribution is -2.54. The van der Waals surface area contributed by atoms with Gasteiger partial charge >= 0.3 is 0 Å². The maximum atomic E-state index is 14.2. The number of halogens is 1. The van der Waals surface area contributed by atoms with Gasteiger partial charge < -0.3 is 10.2 Å². The number of benzene rings is 3. The minimum absolute atomic E-state index is 0.0688. The molecule has 0 bridgehead atoms. The van der Waals surface area contributed by atoms with Crippen molar-refractivity contribution in [1.82, 2.24) is 10.2 Å². The van der Waals surface area contributed by atoms with E-state index in [1.165, 1.54) is 4.90 Å². The Hall–Kier alpha value is -3.36. The lowest BCUT2D eigenvalue weighted by atomic mass is 10.0. The monoisotopic (exact) mass is 595 g/mol. The molecule has 1 N–H and O–H groups in total. The number of hydrogen-bond acceptors (Lipinski definition) is 4. The first-order chi connectivity index (χ1) is 19.5. The van der Waals surface area contributed by atoms with Gasteiger partial charge in [0.2, 0.25) is 21.8 Å². The van der Waals surface area contributed by atoms with E-state index < -0.39 is 28.5 Å². The summed E-state index contributed by atoms with van der Waals surface area (Å²) in [4.78, 5) is 29.6. The Labute approximate surface area is 248 Å². The molecule has 0 aromatic heterocycles. The average Bonchev–Trinajstić information content (AvgIpc) is 3.45. The summed E-state index contributed by atoms with van der Waals surface area (Å²) in [7, 11) is -3.85. The van der Waals surface area contributed by atoms with E-state index in [1.54, 1.807) is 18.2 Å². The van der Waals surface area contributed by atoms with Crippen LogP contribution in [0.2, 0.25) is 5.02 Å². The first kappa shape index (κ1) is 30.6. The predicted molar refractivity (Wildman–Crippen MR) is 164 cm³/mol. The third-order valence-electron chi connectivity index (χ3n) is 7.57. The number of nitrogens with one attached hydrogen (secondary N) is 1. The number of hydrogen-bond donors (Lipinski definition) is 1. The first-order valence-corrected chi connectivity index (χ1v) is 16.2. The zero-order valence-corrected chi connectivity index (χ0v) is 25.4. The van der Waals surface area contributed by atoms with Crippen molar-refractivity contribution in [2.75, 3.05) is 17.1 Å². The number of anilines is 1. The van der Waals surface area contributed by atoms with Gasteiger partial charge in [-0.15, -0.1) is 0 Å². The highest BCUT2D eigenvalue weighted by Gasteiger charge is 2.34. The molecule has 3 aromatic rings. The van der Waals surface area contributed by atoms with Crippen molar-refractivity contribution in [3.63, 3.8) is 0 Å². The minimum Gasteiger partial charge on any atom is -0.352 e. The second-order valence-corrected chi connectivity index (χ2v) is 13.2. The van der Waals surface area contributed by atoms with Gasteiger partial charge in [0.25, 0.3) is 0 Å². The Kier molecular flexibility index (Phi) is 10.1. The van der Waals surface area contributed by atoms with Crippen molar-refractivity contribution < 1.29 is 18.0 Å². The molecule has 0 spiro atoms.